The normalized spacial score (nSPS) is 12.4. The Labute approximate surface area is 160 Å². The number of carboxylic acids is 1. The molecular weight excluding hydrogens is 366 g/mol. The van der Waals surface area contributed by atoms with Gasteiger partial charge in [-0.25, -0.2) is 18.2 Å². The first-order chi connectivity index (χ1) is 12.9. The van der Waals surface area contributed by atoms with Crippen molar-refractivity contribution in [2.24, 2.45) is 0 Å². The molecule has 0 amide bonds. The summed E-state index contributed by atoms with van der Waals surface area (Å²) in [6, 6.07) is 11.0. The van der Waals surface area contributed by atoms with Crippen molar-refractivity contribution in [2.45, 2.75) is 44.0 Å². The zero-order valence-corrected chi connectivity index (χ0v) is 16.3. The Bertz CT molecular complexity index is 839. The van der Waals surface area contributed by atoms with Crippen molar-refractivity contribution in [1.82, 2.24) is 4.98 Å². The van der Waals surface area contributed by atoms with Gasteiger partial charge in [-0.3, -0.25) is 4.31 Å². The number of carbonyl (C=O) groups is 1. The number of para-hydroxylation sites is 1. The molecule has 0 saturated carbocycles. The molecule has 146 valence electrons. The van der Waals surface area contributed by atoms with Gasteiger partial charge in [0, 0.05) is 12.7 Å². The SMILES string of the molecule is CCCC[C@H](Nc1ccc(S(=O)(=O)N(CC)c2ccccc2)cn1)C(=O)O. The third-order valence-electron chi connectivity index (χ3n) is 4.12. The summed E-state index contributed by atoms with van der Waals surface area (Å²) in [5.41, 5.74) is 0.577. The van der Waals surface area contributed by atoms with Crippen LogP contribution < -0.4 is 9.62 Å². The molecule has 0 unspecified atom stereocenters. The Morgan fingerprint density at radius 1 is 1.19 bits per heavy atom. The van der Waals surface area contributed by atoms with Crippen LogP contribution in [0.3, 0.4) is 0 Å². The molecule has 0 saturated heterocycles. The standard InChI is InChI=1S/C19H25N3O4S/c1-3-5-11-17(19(23)24)21-18-13-12-16(14-20-18)27(25,26)22(4-2)15-9-7-6-8-10-15/h6-10,12-14,17H,3-5,11H2,1-2H3,(H,20,21)(H,23,24)/t17-/m0/s1. The van der Waals surface area contributed by atoms with Crippen molar-refractivity contribution < 1.29 is 18.3 Å². The van der Waals surface area contributed by atoms with E-state index in [4.69, 9.17) is 0 Å². The maximum absolute atomic E-state index is 12.9. The van der Waals surface area contributed by atoms with Crippen LogP contribution in [-0.2, 0) is 14.8 Å². The number of hydrogen-bond acceptors (Lipinski definition) is 5. The van der Waals surface area contributed by atoms with Crippen LogP contribution in [0.4, 0.5) is 11.5 Å². The topological polar surface area (TPSA) is 99.6 Å². The number of carboxylic acid groups (broad SMARTS) is 1. The molecule has 1 heterocycles. The second-order valence-electron chi connectivity index (χ2n) is 6.06. The van der Waals surface area contributed by atoms with Gasteiger partial charge in [0.2, 0.25) is 0 Å². The van der Waals surface area contributed by atoms with E-state index in [0.29, 0.717) is 17.9 Å². The maximum Gasteiger partial charge on any atom is 0.326 e. The van der Waals surface area contributed by atoms with Crippen molar-refractivity contribution >= 4 is 27.5 Å². The van der Waals surface area contributed by atoms with Crippen LogP contribution in [0.25, 0.3) is 0 Å². The summed E-state index contributed by atoms with van der Waals surface area (Å²) in [4.78, 5) is 15.5. The Hall–Kier alpha value is -2.61. The molecule has 8 heteroatoms. The lowest BCUT2D eigenvalue weighted by Crippen LogP contribution is -2.31. The fourth-order valence-electron chi connectivity index (χ4n) is 2.68. The predicted molar refractivity (Wildman–Crippen MR) is 105 cm³/mol. The van der Waals surface area contributed by atoms with E-state index in [-0.39, 0.29) is 11.4 Å². The summed E-state index contributed by atoms with van der Waals surface area (Å²) in [5, 5.41) is 12.1. The van der Waals surface area contributed by atoms with E-state index in [9.17, 15) is 18.3 Å². The van der Waals surface area contributed by atoms with Gasteiger partial charge in [-0.1, -0.05) is 38.0 Å². The lowest BCUT2D eigenvalue weighted by atomic mass is 10.1. The number of hydrogen-bond donors (Lipinski definition) is 2. The van der Waals surface area contributed by atoms with Crippen LogP contribution >= 0.6 is 0 Å². The average molecular weight is 391 g/mol. The first-order valence-electron chi connectivity index (χ1n) is 8.93. The van der Waals surface area contributed by atoms with Gasteiger partial charge in [-0.15, -0.1) is 0 Å². The largest absolute Gasteiger partial charge is 0.480 e. The molecule has 7 nitrogen and oxygen atoms in total. The van der Waals surface area contributed by atoms with Crippen LogP contribution in [0, 0.1) is 0 Å². The highest BCUT2D eigenvalue weighted by Crippen LogP contribution is 2.23. The number of nitrogens with zero attached hydrogens (tertiary/aromatic N) is 2. The molecule has 0 aliphatic carbocycles. The highest BCUT2D eigenvalue weighted by atomic mass is 32.2. The van der Waals surface area contributed by atoms with E-state index < -0.39 is 22.0 Å². The summed E-state index contributed by atoms with van der Waals surface area (Å²) in [6.45, 7) is 4.03. The van der Waals surface area contributed by atoms with E-state index in [1.54, 1.807) is 31.2 Å². The number of aliphatic carboxylic acids is 1. The Kier molecular flexibility index (Phi) is 7.18. The van der Waals surface area contributed by atoms with Crippen molar-refractivity contribution in [1.29, 1.82) is 0 Å². The molecule has 0 aliphatic heterocycles. The molecular formula is C19H25N3O4S. The first-order valence-corrected chi connectivity index (χ1v) is 10.4. The summed E-state index contributed by atoms with van der Waals surface area (Å²) in [5.74, 6) is -0.622. The average Bonchev–Trinajstić information content (AvgIpc) is 2.66. The molecule has 1 aromatic carbocycles. The summed E-state index contributed by atoms with van der Waals surface area (Å²) in [6.07, 6.45) is 3.40. The molecule has 0 fully saturated rings. The Balaban J connectivity index is 2.21. The molecule has 0 spiro atoms. The van der Waals surface area contributed by atoms with Gasteiger partial charge in [0.05, 0.1) is 5.69 Å². The Morgan fingerprint density at radius 2 is 1.89 bits per heavy atom. The van der Waals surface area contributed by atoms with Gasteiger partial charge in [0.15, 0.2) is 0 Å². The Morgan fingerprint density at radius 3 is 2.41 bits per heavy atom. The molecule has 2 rings (SSSR count). The van der Waals surface area contributed by atoms with Gasteiger partial charge < -0.3 is 10.4 Å². The summed E-state index contributed by atoms with van der Waals surface area (Å²) >= 11 is 0. The molecule has 0 aliphatic rings. The van der Waals surface area contributed by atoms with Crippen LogP contribution in [0.15, 0.2) is 53.6 Å². The third-order valence-corrected chi connectivity index (χ3v) is 6.01. The smallest absolute Gasteiger partial charge is 0.326 e. The molecule has 0 radical (unpaired) electrons. The van der Waals surface area contributed by atoms with Gasteiger partial charge in [-0.05, 0) is 37.6 Å². The quantitative estimate of drug-likeness (QED) is 0.644. The molecule has 0 bridgehead atoms. The monoisotopic (exact) mass is 391 g/mol. The molecule has 1 aromatic heterocycles. The van der Waals surface area contributed by atoms with Crippen LogP contribution in [0.2, 0.25) is 0 Å². The number of anilines is 2. The lowest BCUT2D eigenvalue weighted by molar-refractivity contribution is -0.138. The summed E-state index contributed by atoms with van der Waals surface area (Å²) < 4.78 is 27.1. The molecule has 27 heavy (non-hydrogen) atoms. The number of pyridine rings is 1. The van der Waals surface area contributed by atoms with Crippen LogP contribution in [0.1, 0.15) is 33.1 Å². The first kappa shape index (κ1) is 20.7. The minimum atomic E-state index is -3.75. The lowest BCUT2D eigenvalue weighted by Gasteiger charge is -2.23. The maximum atomic E-state index is 12.9. The van der Waals surface area contributed by atoms with Crippen LogP contribution in [-0.4, -0.2) is 37.1 Å². The van der Waals surface area contributed by atoms with Gasteiger partial charge in [0.1, 0.15) is 16.8 Å². The number of rotatable bonds is 10. The molecule has 2 aromatic rings. The number of benzene rings is 1. The second-order valence-corrected chi connectivity index (χ2v) is 7.92. The van der Waals surface area contributed by atoms with Crippen molar-refractivity contribution in [3.05, 3.63) is 48.7 Å². The van der Waals surface area contributed by atoms with E-state index in [1.807, 2.05) is 13.0 Å². The minimum absolute atomic E-state index is 0.0548. The van der Waals surface area contributed by atoms with Crippen molar-refractivity contribution in [3.8, 4) is 0 Å². The van der Waals surface area contributed by atoms with Gasteiger partial charge in [-0.2, -0.15) is 0 Å². The fourth-order valence-corrected chi connectivity index (χ4v) is 4.09. The zero-order chi connectivity index (χ0) is 19.9. The highest BCUT2D eigenvalue weighted by Gasteiger charge is 2.24. The third kappa shape index (κ3) is 5.19. The predicted octanol–water partition coefficient (Wildman–Crippen LogP) is 3.35. The van der Waals surface area contributed by atoms with Crippen molar-refractivity contribution in [3.63, 3.8) is 0 Å². The molecule has 1 atom stereocenters. The van der Waals surface area contributed by atoms with Gasteiger partial charge in [0.25, 0.3) is 10.0 Å². The van der Waals surface area contributed by atoms with E-state index in [0.717, 1.165) is 12.8 Å². The number of sulfonamides is 1. The number of aromatic nitrogens is 1. The summed E-state index contributed by atoms with van der Waals surface area (Å²) in [7, 11) is -3.75. The number of nitrogens with one attached hydrogen (secondary N) is 1. The molecule has 2 N–H and O–H groups in total. The zero-order valence-electron chi connectivity index (χ0n) is 15.5. The highest BCUT2D eigenvalue weighted by molar-refractivity contribution is 7.92. The minimum Gasteiger partial charge on any atom is -0.480 e. The van der Waals surface area contributed by atoms with E-state index in [2.05, 4.69) is 10.3 Å². The van der Waals surface area contributed by atoms with Crippen LogP contribution in [0.5, 0.6) is 0 Å². The number of unbranched alkanes of at least 4 members (excludes halogenated alkanes) is 1. The second kappa shape index (κ2) is 9.36. The van der Waals surface area contributed by atoms with Gasteiger partial charge >= 0.3 is 5.97 Å². The van der Waals surface area contributed by atoms with Crippen molar-refractivity contribution in [2.75, 3.05) is 16.2 Å². The van der Waals surface area contributed by atoms with E-state index in [1.165, 1.54) is 22.6 Å². The van der Waals surface area contributed by atoms with E-state index >= 15 is 0 Å². The fraction of sp³-hybridized carbons (Fsp3) is 0.368.